The maximum Gasteiger partial charge on any atom is 0.280 e. The Kier molecular flexibility index (Phi) is 9.83. The number of thiocarbonyl (C=S) groups is 2. The van der Waals surface area contributed by atoms with E-state index in [0.717, 1.165) is 22.8 Å². The zero-order chi connectivity index (χ0) is 30.2. The number of hydrogen-bond donors (Lipinski definition) is 4. The van der Waals surface area contributed by atoms with Crippen LogP contribution in [0.5, 0.6) is 0 Å². The van der Waals surface area contributed by atoms with Crippen LogP contribution in [0.2, 0.25) is 0 Å². The smallest absolute Gasteiger partial charge is 0.280 e. The minimum Gasteiger partial charge on any atom is -0.360 e. The summed E-state index contributed by atoms with van der Waals surface area (Å²) in [4.78, 5) is 25.9. The fourth-order valence-electron chi connectivity index (χ4n) is 4.22. The average molecular weight is 605 g/mol. The summed E-state index contributed by atoms with van der Waals surface area (Å²) in [6.07, 6.45) is 2.92. The van der Waals surface area contributed by atoms with E-state index < -0.39 is 0 Å². The highest BCUT2D eigenvalue weighted by atomic mass is 32.1. The van der Waals surface area contributed by atoms with Gasteiger partial charge in [0.05, 0.1) is 34.9 Å². The predicted molar refractivity (Wildman–Crippen MR) is 174 cm³/mol. The summed E-state index contributed by atoms with van der Waals surface area (Å²) in [6, 6.07) is 18.8. The van der Waals surface area contributed by atoms with E-state index in [9.17, 15) is 9.59 Å². The van der Waals surface area contributed by atoms with Crippen molar-refractivity contribution in [2.24, 2.45) is 24.3 Å². The Balaban J connectivity index is 1.22. The predicted octanol–water partition coefficient (Wildman–Crippen LogP) is 1.58. The van der Waals surface area contributed by atoms with Crippen LogP contribution in [0.25, 0.3) is 11.4 Å². The van der Waals surface area contributed by atoms with Gasteiger partial charge in [-0.15, -0.1) is 0 Å². The molecule has 12 nitrogen and oxygen atoms in total. The van der Waals surface area contributed by atoms with E-state index in [1.54, 1.807) is 18.7 Å². The molecule has 0 amide bonds. The lowest BCUT2D eigenvalue weighted by atomic mass is 10.3. The second kappa shape index (κ2) is 13.7. The lowest BCUT2D eigenvalue weighted by molar-refractivity contribution is 0.630. The molecule has 0 radical (unpaired) electrons. The van der Waals surface area contributed by atoms with E-state index in [1.165, 1.54) is 12.4 Å². The van der Waals surface area contributed by atoms with Crippen LogP contribution >= 0.6 is 24.4 Å². The first-order chi connectivity index (χ1) is 20.2. The van der Waals surface area contributed by atoms with Crippen molar-refractivity contribution in [1.29, 1.82) is 0 Å². The van der Waals surface area contributed by atoms with Gasteiger partial charge < -0.3 is 10.6 Å². The van der Waals surface area contributed by atoms with Crippen molar-refractivity contribution >= 4 is 47.1 Å². The Morgan fingerprint density at radius 3 is 1.40 bits per heavy atom. The van der Waals surface area contributed by atoms with Gasteiger partial charge in [0.2, 0.25) is 0 Å². The van der Waals surface area contributed by atoms with Crippen molar-refractivity contribution < 1.29 is 0 Å². The molecule has 0 bridgehead atoms. The van der Waals surface area contributed by atoms with Crippen molar-refractivity contribution in [1.82, 2.24) is 40.2 Å². The van der Waals surface area contributed by atoms with E-state index in [0.29, 0.717) is 24.2 Å². The summed E-state index contributed by atoms with van der Waals surface area (Å²) in [5.74, 6) is 0. The molecule has 0 aliphatic heterocycles. The van der Waals surface area contributed by atoms with Gasteiger partial charge in [-0.05, 0) is 62.5 Å². The molecule has 218 valence electrons. The maximum atomic E-state index is 12.9. The van der Waals surface area contributed by atoms with Crippen molar-refractivity contribution in [2.45, 2.75) is 13.8 Å². The van der Waals surface area contributed by atoms with Gasteiger partial charge >= 0.3 is 0 Å². The normalized spacial score (nSPS) is 11.2. The van der Waals surface area contributed by atoms with Gasteiger partial charge in [-0.2, -0.15) is 10.2 Å². The maximum absolute atomic E-state index is 12.9. The van der Waals surface area contributed by atoms with Gasteiger partial charge in [-0.1, -0.05) is 36.4 Å². The molecule has 14 heteroatoms. The van der Waals surface area contributed by atoms with Crippen LogP contribution in [0.3, 0.4) is 0 Å². The quantitative estimate of drug-likeness (QED) is 0.0982. The highest BCUT2D eigenvalue weighted by Gasteiger charge is 2.15. The van der Waals surface area contributed by atoms with E-state index in [1.807, 2.05) is 88.6 Å². The minimum absolute atomic E-state index is 0.178. The third kappa shape index (κ3) is 6.72. The lowest BCUT2D eigenvalue weighted by Crippen LogP contribution is -2.40. The number of aromatic nitrogens is 4. The first-order valence-electron chi connectivity index (χ1n) is 13.0. The molecule has 4 N–H and O–H groups in total. The van der Waals surface area contributed by atoms with Crippen LogP contribution in [0, 0.1) is 13.8 Å². The summed E-state index contributed by atoms with van der Waals surface area (Å²) in [5, 5.41) is 14.8. The van der Waals surface area contributed by atoms with E-state index >= 15 is 0 Å². The zero-order valence-electron chi connectivity index (χ0n) is 23.7. The molecule has 4 rings (SSSR count). The van der Waals surface area contributed by atoms with Crippen LogP contribution in [0.1, 0.15) is 22.5 Å². The Bertz CT molecular complexity index is 1620. The largest absolute Gasteiger partial charge is 0.360 e. The molecule has 42 heavy (non-hydrogen) atoms. The van der Waals surface area contributed by atoms with E-state index in [4.69, 9.17) is 24.4 Å². The standard InChI is InChI=1S/C28H32N10O2S2/c1-19-23(25(39)37(35(19)3)21-11-7-5-8-12-21)17-31-33-27(41)29-15-16-30-28(42)34-32-18-24-20(2)36(4)38(26(24)40)22-13-9-6-10-14-22/h5-14,17-18H,15-16H2,1-4H3,(H2,29,33,41)(H2,30,34,42)/b31-17-,32-18-. The monoisotopic (exact) mass is 604 g/mol. The molecular weight excluding hydrogens is 573 g/mol. The minimum atomic E-state index is -0.178. The summed E-state index contributed by atoms with van der Waals surface area (Å²) in [6.45, 7) is 4.59. The van der Waals surface area contributed by atoms with Crippen LogP contribution in [0.15, 0.2) is 80.5 Å². The first kappa shape index (κ1) is 30.1. The summed E-state index contributed by atoms with van der Waals surface area (Å²) in [5.41, 5.74) is 9.08. The fourth-order valence-corrected chi connectivity index (χ4v) is 4.53. The van der Waals surface area contributed by atoms with Gasteiger partial charge in [-0.3, -0.25) is 29.8 Å². The van der Waals surface area contributed by atoms with Crippen LogP contribution in [0.4, 0.5) is 0 Å². The number of para-hydroxylation sites is 2. The molecule has 4 aromatic rings. The molecular formula is C28H32N10O2S2. The Hall–Kier alpha value is -4.82. The van der Waals surface area contributed by atoms with Crippen molar-refractivity contribution in [2.75, 3.05) is 13.1 Å². The average Bonchev–Trinajstić information content (AvgIpc) is 3.33. The second-order valence-corrected chi connectivity index (χ2v) is 10.0. The molecule has 0 saturated heterocycles. The van der Waals surface area contributed by atoms with E-state index in [2.05, 4.69) is 31.7 Å². The third-order valence-electron chi connectivity index (χ3n) is 6.61. The molecule has 2 aromatic carbocycles. The second-order valence-electron chi connectivity index (χ2n) is 9.20. The third-order valence-corrected chi connectivity index (χ3v) is 7.08. The topological polar surface area (TPSA) is 127 Å². The molecule has 0 spiro atoms. The molecule has 0 fully saturated rings. The van der Waals surface area contributed by atoms with Gasteiger partial charge in [0.1, 0.15) is 0 Å². The molecule has 0 saturated carbocycles. The van der Waals surface area contributed by atoms with Crippen molar-refractivity contribution in [3.63, 3.8) is 0 Å². The Morgan fingerprint density at radius 1 is 0.690 bits per heavy atom. The molecule has 2 heterocycles. The Morgan fingerprint density at radius 2 is 1.05 bits per heavy atom. The van der Waals surface area contributed by atoms with Crippen molar-refractivity contribution in [3.8, 4) is 11.4 Å². The molecule has 2 aromatic heterocycles. The number of rotatable bonds is 9. The number of nitrogens with one attached hydrogen (secondary N) is 4. The van der Waals surface area contributed by atoms with Gasteiger partial charge in [0.25, 0.3) is 11.1 Å². The molecule has 0 atom stereocenters. The Labute approximate surface area is 253 Å². The van der Waals surface area contributed by atoms with Gasteiger partial charge in [-0.25, -0.2) is 9.36 Å². The summed E-state index contributed by atoms with van der Waals surface area (Å²) in [7, 11) is 3.64. The molecule has 0 unspecified atom stereocenters. The van der Waals surface area contributed by atoms with Crippen LogP contribution < -0.4 is 32.6 Å². The van der Waals surface area contributed by atoms with Crippen LogP contribution in [-0.2, 0) is 14.1 Å². The zero-order valence-corrected chi connectivity index (χ0v) is 25.3. The summed E-state index contributed by atoms with van der Waals surface area (Å²) < 4.78 is 6.73. The highest BCUT2D eigenvalue weighted by Crippen LogP contribution is 2.09. The fraction of sp³-hybridized carbons (Fsp3) is 0.214. The number of nitrogens with zero attached hydrogens (tertiary/aromatic N) is 6. The first-order valence-corrected chi connectivity index (χ1v) is 13.8. The van der Waals surface area contributed by atoms with Gasteiger partial charge in [0, 0.05) is 38.6 Å². The SMILES string of the molecule is Cc1c(/C=N\NC(=S)NCCNC(=S)N/N=C\c2c(C)n(C)n(-c3ccccc3)c2=O)c(=O)n(-c2ccccc2)n1C. The number of hydrogen-bond acceptors (Lipinski definition) is 6. The molecule has 0 aliphatic rings. The highest BCUT2D eigenvalue weighted by molar-refractivity contribution is 7.80. The van der Waals surface area contributed by atoms with Crippen LogP contribution in [-0.4, -0.2) is 54.5 Å². The van der Waals surface area contributed by atoms with Crippen molar-refractivity contribution in [3.05, 3.63) is 104 Å². The summed E-state index contributed by atoms with van der Waals surface area (Å²) >= 11 is 10.5. The number of hydrazone groups is 2. The molecule has 0 aliphatic carbocycles. The van der Waals surface area contributed by atoms with E-state index in [-0.39, 0.29) is 21.3 Å². The van der Waals surface area contributed by atoms with Gasteiger partial charge in [0.15, 0.2) is 10.2 Å². The number of benzene rings is 2. The lowest BCUT2D eigenvalue weighted by Gasteiger charge is -2.09.